The molecule has 0 aliphatic carbocycles. The van der Waals surface area contributed by atoms with Crippen molar-refractivity contribution in [1.82, 2.24) is 5.32 Å². The second-order valence-corrected chi connectivity index (χ2v) is 4.87. The molecule has 0 aliphatic rings. The maximum Gasteiger partial charge on any atom is 0.326 e. The number of carbonyl (C=O) groups excluding carboxylic acids is 1. The fourth-order valence-electron chi connectivity index (χ4n) is 2.02. The molecule has 2 unspecified atom stereocenters. The van der Waals surface area contributed by atoms with Crippen LogP contribution in [0.5, 0.6) is 0 Å². The van der Waals surface area contributed by atoms with Gasteiger partial charge in [-0.1, -0.05) is 38.5 Å². The molecule has 1 aromatic rings. The van der Waals surface area contributed by atoms with Crippen LogP contribution in [-0.4, -0.2) is 29.6 Å². The van der Waals surface area contributed by atoms with E-state index in [0.29, 0.717) is 24.9 Å². The molecule has 5 heteroatoms. The molecule has 1 amide bonds. The number of carboxylic acids is 1. The van der Waals surface area contributed by atoms with E-state index < -0.39 is 12.0 Å². The highest BCUT2D eigenvalue weighted by atomic mass is 16.4. The van der Waals surface area contributed by atoms with Gasteiger partial charge in [-0.3, -0.25) is 4.79 Å². The van der Waals surface area contributed by atoms with Gasteiger partial charge in [0, 0.05) is 5.56 Å². The first kappa shape index (κ1) is 16.2. The lowest BCUT2D eigenvalue weighted by Crippen LogP contribution is -2.45. The molecule has 1 aromatic carbocycles. The van der Waals surface area contributed by atoms with Crippen LogP contribution in [0, 0.1) is 5.92 Å². The van der Waals surface area contributed by atoms with Crippen molar-refractivity contribution in [1.29, 1.82) is 0 Å². The molecule has 0 aromatic heterocycles. The molecule has 1 rings (SSSR count). The van der Waals surface area contributed by atoms with E-state index >= 15 is 0 Å². The lowest BCUT2D eigenvalue weighted by Gasteiger charge is -2.20. The Balaban J connectivity index is 2.92. The number of benzene rings is 1. The van der Waals surface area contributed by atoms with Gasteiger partial charge in [0.2, 0.25) is 0 Å². The van der Waals surface area contributed by atoms with Crippen LogP contribution in [0.25, 0.3) is 0 Å². The van der Waals surface area contributed by atoms with Gasteiger partial charge in [-0.25, -0.2) is 4.79 Å². The molecule has 0 saturated carbocycles. The molecule has 2 atom stereocenters. The summed E-state index contributed by atoms with van der Waals surface area (Å²) in [5, 5.41) is 11.8. The number of nitrogens with one attached hydrogen (secondary N) is 1. The monoisotopic (exact) mass is 278 g/mol. The number of hydrogen-bond acceptors (Lipinski definition) is 3. The Kier molecular flexibility index (Phi) is 6.18. The van der Waals surface area contributed by atoms with Gasteiger partial charge in [0.1, 0.15) is 6.04 Å². The molecule has 0 aliphatic heterocycles. The molecule has 5 nitrogen and oxygen atoms in total. The molecule has 0 spiro atoms. The van der Waals surface area contributed by atoms with Crippen LogP contribution in [0.15, 0.2) is 24.3 Å². The average molecular weight is 278 g/mol. The zero-order valence-corrected chi connectivity index (χ0v) is 11.9. The molecule has 0 bridgehead atoms. The lowest BCUT2D eigenvalue weighted by molar-refractivity contribution is -0.140. The van der Waals surface area contributed by atoms with Crippen molar-refractivity contribution >= 4 is 11.9 Å². The third-order valence-electron chi connectivity index (χ3n) is 3.44. The minimum atomic E-state index is -1.01. The first-order valence-corrected chi connectivity index (χ1v) is 6.82. The van der Waals surface area contributed by atoms with Gasteiger partial charge in [-0.15, -0.1) is 0 Å². The lowest BCUT2D eigenvalue weighted by atomic mass is 9.98. The molecule has 0 heterocycles. The van der Waals surface area contributed by atoms with E-state index in [1.165, 1.54) is 0 Å². The van der Waals surface area contributed by atoms with Crippen molar-refractivity contribution in [3.63, 3.8) is 0 Å². The van der Waals surface area contributed by atoms with Crippen LogP contribution in [0.2, 0.25) is 0 Å². The van der Waals surface area contributed by atoms with Crippen molar-refractivity contribution in [2.45, 2.75) is 32.7 Å². The number of carboxylic acid groups (broad SMARTS) is 1. The summed E-state index contributed by atoms with van der Waals surface area (Å²) in [4.78, 5) is 23.5. The standard InChI is InChI=1S/C15H22N2O3/c1-3-10(2)13(15(19)20)17-14(18)12-7-5-4-6-11(12)8-9-16/h4-7,10,13H,3,8-9,16H2,1-2H3,(H,17,18)(H,19,20). The summed E-state index contributed by atoms with van der Waals surface area (Å²) >= 11 is 0. The maximum absolute atomic E-state index is 12.3. The molecule has 20 heavy (non-hydrogen) atoms. The van der Waals surface area contributed by atoms with E-state index in [1.807, 2.05) is 26.0 Å². The highest BCUT2D eigenvalue weighted by molar-refractivity contribution is 5.97. The smallest absolute Gasteiger partial charge is 0.326 e. The SMILES string of the molecule is CCC(C)C(NC(=O)c1ccccc1CCN)C(=O)O. The number of carbonyl (C=O) groups is 2. The van der Waals surface area contributed by atoms with Crippen LogP contribution < -0.4 is 11.1 Å². The number of rotatable bonds is 7. The minimum Gasteiger partial charge on any atom is -0.480 e. The van der Waals surface area contributed by atoms with Gasteiger partial charge in [0.25, 0.3) is 5.91 Å². The average Bonchev–Trinajstić information content (AvgIpc) is 2.44. The van der Waals surface area contributed by atoms with Crippen molar-refractivity contribution < 1.29 is 14.7 Å². The Morgan fingerprint density at radius 1 is 1.35 bits per heavy atom. The van der Waals surface area contributed by atoms with Gasteiger partial charge < -0.3 is 16.2 Å². The Bertz CT molecular complexity index is 474. The maximum atomic E-state index is 12.3. The van der Waals surface area contributed by atoms with Crippen LogP contribution in [0.4, 0.5) is 0 Å². The summed E-state index contributed by atoms with van der Waals surface area (Å²) in [6.45, 7) is 4.15. The normalized spacial score (nSPS) is 13.6. The van der Waals surface area contributed by atoms with Gasteiger partial charge in [0.05, 0.1) is 0 Å². The quantitative estimate of drug-likeness (QED) is 0.703. The predicted molar refractivity (Wildman–Crippen MR) is 77.5 cm³/mol. The van der Waals surface area contributed by atoms with Crippen LogP contribution in [0.1, 0.15) is 36.2 Å². The Labute approximate surface area is 119 Å². The summed E-state index contributed by atoms with van der Waals surface area (Å²) in [7, 11) is 0. The Morgan fingerprint density at radius 3 is 2.55 bits per heavy atom. The third kappa shape index (κ3) is 4.06. The van der Waals surface area contributed by atoms with E-state index in [9.17, 15) is 14.7 Å². The van der Waals surface area contributed by atoms with E-state index in [-0.39, 0.29) is 11.8 Å². The van der Waals surface area contributed by atoms with Crippen LogP contribution in [0.3, 0.4) is 0 Å². The first-order valence-electron chi connectivity index (χ1n) is 6.82. The number of aliphatic carboxylic acids is 1. The highest BCUT2D eigenvalue weighted by Gasteiger charge is 2.26. The fraction of sp³-hybridized carbons (Fsp3) is 0.467. The van der Waals surface area contributed by atoms with Gasteiger partial charge in [-0.05, 0) is 30.5 Å². The molecule has 110 valence electrons. The first-order chi connectivity index (χ1) is 9.51. The van der Waals surface area contributed by atoms with E-state index in [4.69, 9.17) is 5.73 Å². The highest BCUT2D eigenvalue weighted by Crippen LogP contribution is 2.12. The van der Waals surface area contributed by atoms with Gasteiger partial charge in [0.15, 0.2) is 0 Å². The minimum absolute atomic E-state index is 0.127. The van der Waals surface area contributed by atoms with Crippen molar-refractivity contribution in [3.05, 3.63) is 35.4 Å². The van der Waals surface area contributed by atoms with Crippen molar-refractivity contribution in [2.24, 2.45) is 11.7 Å². The molecular weight excluding hydrogens is 256 g/mol. The second kappa shape index (κ2) is 7.65. The number of amides is 1. The van der Waals surface area contributed by atoms with E-state index in [2.05, 4.69) is 5.32 Å². The van der Waals surface area contributed by atoms with E-state index in [1.54, 1.807) is 12.1 Å². The zero-order chi connectivity index (χ0) is 15.1. The fourth-order valence-corrected chi connectivity index (χ4v) is 2.02. The van der Waals surface area contributed by atoms with Gasteiger partial charge in [-0.2, -0.15) is 0 Å². The largest absolute Gasteiger partial charge is 0.480 e. The molecule has 0 saturated heterocycles. The zero-order valence-electron chi connectivity index (χ0n) is 11.9. The molecular formula is C15H22N2O3. The molecule has 0 fully saturated rings. The van der Waals surface area contributed by atoms with Crippen molar-refractivity contribution in [2.75, 3.05) is 6.54 Å². The van der Waals surface area contributed by atoms with Crippen LogP contribution >= 0.6 is 0 Å². The van der Waals surface area contributed by atoms with Gasteiger partial charge >= 0.3 is 5.97 Å². The summed E-state index contributed by atoms with van der Waals surface area (Å²) in [6.07, 6.45) is 1.27. The number of nitrogens with two attached hydrogens (primary N) is 1. The topological polar surface area (TPSA) is 92.4 Å². The molecule has 4 N–H and O–H groups in total. The van der Waals surface area contributed by atoms with Crippen molar-refractivity contribution in [3.8, 4) is 0 Å². The summed E-state index contributed by atoms with van der Waals surface area (Å²) < 4.78 is 0. The van der Waals surface area contributed by atoms with Crippen LogP contribution in [-0.2, 0) is 11.2 Å². The second-order valence-electron chi connectivity index (χ2n) is 4.87. The Hall–Kier alpha value is -1.88. The summed E-state index contributed by atoms with van der Waals surface area (Å²) in [6, 6.07) is 6.24. The van der Waals surface area contributed by atoms with E-state index in [0.717, 1.165) is 5.56 Å². The third-order valence-corrected chi connectivity index (χ3v) is 3.44. The predicted octanol–water partition coefficient (Wildman–Crippen LogP) is 1.42. The number of hydrogen-bond donors (Lipinski definition) is 3. The summed E-state index contributed by atoms with van der Waals surface area (Å²) in [5.41, 5.74) is 6.85. The summed E-state index contributed by atoms with van der Waals surface area (Å²) in [5.74, 6) is -1.50. The molecule has 0 radical (unpaired) electrons. The Morgan fingerprint density at radius 2 is 2.00 bits per heavy atom.